The number of aryl methyl sites for hydroxylation is 1. The molecule has 154 valence electrons. The summed E-state index contributed by atoms with van der Waals surface area (Å²) < 4.78 is 4.66. The molecule has 0 radical (unpaired) electrons. The summed E-state index contributed by atoms with van der Waals surface area (Å²) in [6, 6.07) is 11.6. The first kappa shape index (κ1) is 22.4. The van der Waals surface area contributed by atoms with Crippen molar-refractivity contribution in [3.63, 3.8) is 0 Å². The van der Waals surface area contributed by atoms with Gasteiger partial charge in [-0.05, 0) is 26.8 Å². The number of hydrogen-bond donors (Lipinski definition) is 1. The van der Waals surface area contributed by atoms with Crippen LogP contribution in [0.4, 0.5) is 4.79 Å². The smallest absolute Gasteiger partial charge is 0.413 e. The molecule has 3 amide bonds. The van der Waals surface area contributed by atoms with Gasteiger partial charge in [-0.3, -0.25) is 14.9 Å². The van der Waals surface area contributed by atoms with E-state index < -0.39 is 12.0 Å². The third kappa shape index (κ3) is 7.19. The van der Waals surface area contributed by atoms with Crippen LogP contribution in [0.3, 0.4) is 0 Å². The van der Waals surface area contributed by atoms with Gasteiger partial charge in [-0.25, -0.2) is 14.8 Å². The molecule has 9 heteroatoms. The van der Waals surface area contributed by atoms with E-state index in [1.165, 1.54) is 16.7 Å². The largest absolute Gasteiger partial charge is 0.450 e. The van der Waals surface area contributed by atoms with Crippen molar-refractivity contribution in [1.82, 2.24) is 20.2 Å². The van der Waals surface area contributed by atoms with Gasteiger partial charge in [0, 0.05) is 17.8 Å². The zero-order valence-electron chi connectivity index (χ0n) is 16.7. The van der Waals surface area contributed by atoms with Crippen LogP contribution in [0.2, 0.25) is 0 Å². The van der Waals surface area contributed by atoms with Crippen LogP contribution >= 0.6 is 11.8 Å². The van der Waals surface area contributed by atoms with Crippen LogP contribution in [0.5, 0.6) is 0 Å². The minimum absolute atomic E-state index is 0.0816. The first-order valence-corrected chi connectivity index (χ1v) is 10.2. The molecule has 1 aromatic heterocycles. The van der Waals surface area contributed by atoms with E-state index in [-0.39, 0.29) is 24.8 Å². The quantitative estimate of drug-likeness (QED) is 0.521. The van der Waals surface area contributed by atoms with E-state index >= 15 is 0 Å². The molecule has 1 N–H and O–H groups in total. The Hall–Kier alpha value is -2.94. The number of alkyl carbamates (subject to hydrolysis) is 1. The van der Waals surface area contributed by atoms with Crippen molar-refractivity contribution in [2.24, 2.45) is 0 Å². The lowest BCUT2D eigenvalue weighted by Crippen LogP contribution is -2.43. The molecule has 0 saturated carbocycles. The molecule has 0 aliphatic carbocycles. The molecule has 8 nitrogen and oxygen atoms in total. The van der Waals surface area contributed by atoms with Crippen molar-refractivity contribution in [2.75, 3.05) is 25.4 Å². The number of amides is 3. The minimum Gasteiger partial charge on any atom is -0.450 e. The van der Waals surface area contributed by atoms with Crippen LogP contribution in [-0.2, 0) is 14.3 Å². The van der Waals surface area contributed by atoms with E-state index in [1.54, 1.807) is 13.8 Å². The number of rotatable bonds is 8. The summed E-state index contributed by atoms with van der Waals surface area (Å²) >= 11 is 1.21. The molecule has 0 unspecified atom stereocenters. The van der Waals surface area contributed by atoms with Gasteiger partial charge in [0.15, 0.2) is 5.16 Å². The fourth-order valence-electron chi connectivity index (χ4n) is 2.45. The number of carbonyl (C=O) groups excluding carboxylic acids is 3. The number of thioether (sulfide) groups is 1. The summed E-state index contributed by atoms with van der Waals surface area (Å²) in [6.45, 7) is 5.54. The van der Waals surface area contributed by atoms with Gasteiger partial charge in [0.05, 0.1) is 18.1 Å². The maximum absolute atomic E-state index is 12.5. The van der Waals surface area contributed by atoms with E-state index in [0.717, 1.165) is 17.0 Å². The Labute approximate surface area is 174 Å². The van der Waals surface area contributed by atoms with Crippen LogP contribution in [0.1, 0.15) is 19.5 Å². The fraction of sp³-hybridized carbons (Fsp3) is 0.350. The summed E-state index contributed by atoms with van der Waals surface area (Å²) in [5.74, 6) is -0.761. The lowest BCUT2D eigenvalue weighted by Gasteiger charge is -2.19. The first-order chi connectivity index (χ1) is 13.9. The van der Waals surface area contributed by atoms with Gasteiger partial charge in [0.1, 0.15) is 6.54 Å². The molecule has 29 heavy (non-hydrogen) atoms. The standard InChI is InChI=1S/C20H24N4O4S/c1-4-24(12-17(25)23-20(27)28-5-2)18(26)13-29-19-21-14(3)11-16(22-19)15-9-7-6-8-10-15/h6-11H,4-5,12-13H2,1-3H3,(H,23,25,27). The van der Waals surface area contributed by atoms with Crippen molar-refractivity contribution < 1.29 is 19.1 Å². The van der Waals surface area contributed by atoms with Crippen LogP contribution in [0, 0.1) is 6.92 Å². The summed E-state index contributed by atoms with van der Waals surface area (Å²) in [7, 11) is 0. The number of benzene rings is 1. The third-order valence-electron chi connectivity index (χ3n) is 3.81. The van der Waals surface area contributed by atoms with Crippen molar-refractivity contribution in [1.29, 1.82) is 0 Å². The van der Waals surface area contributed by atoms with Gasteiger partial charge in [-0.15, -0.1) is 0 Å². The molecule has 0 spiro atoms. The molecule has 0 saturated heterocycles. The molecule has 0 atom stereocenters. The summed E-state index contributed by atoms with van der Waals surface area (Å²) in [5, 5.41) is 2.57. The fourth-order valence-corrected chi connectivity index (χ4v) is 3.26. The second-order valence-corrected chi connectivity index (χ2v) is 6.95. The number of nitrogens with zero attached hydrogens (tertiary/aromatic N) is 3. The van der Waals surface area contributed by atoms with E-state index in [1.807, 2.05) is 43.3 Å². The normalized spacial score (nSPS) is 10.3. The van der Waals surface area contributed by atoms with Gasteiger partial charge < -0.3 is 9.64 Å². The minimum atomic E-state index is -0.822. The van der Waals surface area contributed by atoms with Crippen LogP contribution in [0.25, 0.3) is 11.3 Å². The second-order valence-electron chi connectivity index (χ2n) is 6.01. The Kier molecular flexibility index (Phi) is 8.60. The average molecular weight is 417 g/mol. The molecule has 0 aliphatic rings. The number of ether oxygens (including phenoxy) is 1. The molecule has 0 aliphatic heterocycles. The monoisotopic (exact) mass is 416 g/mol. The highest BCUT2D eigenvalue weighted by atomic mass is 32.2. The van der Waals surface area contributed by atoms with Crippen LogP contribution in [-0.4, -0.2) is 58.2 Å². The van der Waals surface area contributed by atoms with Crippen molar-refractivity contribution in [3.8, 4) is 11.3 Å². The number of aromatic nitrogens is 2. The van der Waals surface area contributed by atoms with Crippen LogP contribution in [0.15, 0.2) is 41.6 Å². The number of imide groups is 1. The third-order valence-corrected chi connectivity index (χ3v) is 4.65. The molecule has 2 aromatic rings. The second kappa shape index (κ2) is 11.2. The van der Waals surface area contributed by atoms with Crippen molar-refractivity contribution in [2.45, 2.75) is 25.9 Å². The zero-order valence-corrected chi connectivity index (χ0v) is 17.5. The highest BCUT2D eigenvalue weighted by molar-refractivity contribution is 7.99. The SMILES string of the molecule is CCOC(=O)NC(=O)CN(CC)C(=O)CSc1nc(C)cc(-c2ccccc2)n1. The maximum Gasteiger partial charge on any atom is 0.413 e. The molecule has 0 bridgehead atoms. The van der Waals surface area contributed by atoms with Gasteiger partial charge in [-0.2, -0.15) is 0 Å². The lowest BCUT2D eigenvalue weighted by atomic mass is 10.1. The van der Waals surface area contributed by atoms with Crippen LogP contribution < -0.4 is 5.32 Å². The predicted molar refractivity (Wildman–Crippen MR) is 110 cm³/mol. The molecular weight excluding hydrogens is 392 g/mol. The Balaban J connectivity index is 1.97. The highest BCUT2D eigenvalue weighted by Gasteiger charge is 2.18. The molecule has 1 heterocycles. The number of nitrogens with one attached hydrogen (secondary N) is 1. The Morgan fingerprint density at radius 2 is 1.86 bits per heavy atom. The zero-order chi connectivity index (χ0) is 21.2. The van der Waals surface area contributed by atoms with E-state index in [0.29, 0.717) is 11.7 Å². The summed E-state index contributed by atoms with van der Waals surface area (Å²) in [5.41, 5.74) is 2.56. The predicted octanol–water partition coefficient (Wildman–Crippen LogP) is 2.67. The molecule has 0 fully saturated rings. The van der Waals surface area contributed by atoms with Gasteiger partial charge >= 0.3 is 6.09 Å². The van der Waals surface area contributed by atoms with Gasteiger partial charge in [0.2, 0.25) is 11.8 Å². The van der Waals surface area contributed by atoms with Gasteiger partial charge in [-0.1, -0.05) is 42.1 Å². The summed E-state index contributed by atoms with van der Waals surface area (Å²) in [4.78, 5) is 45.9. The highest BCUT2D eigenvalue weighted by Crippen LogP contribution is 2.21. The van der Waals surface area contributed by atoms with E-state index in [4.69, 9.17) is 0 Å². The molecule has 1 aromatic carbocycles. The van der Waals surface area contributed by atoms with Crippen molar-refractivity contribution >= 4 is 29.7 Å². The molecular formula is C20H24N4O4S. The summed E-state index contributed by atoms with van der Waals surface area (Å²) in [6.07, 6.45) is -0.822. The average Bonchev–Trinajstić information content (AvgIpc) is 2.70. The van der Waals surface area contributed by atoms with E-state index in [9.17, 15) is 14.4 Å². The van der Waals surface area contributed by atoms with E-state index in [2.05, 4.69) is 20.0 Å². The number of likely N-dealkylation sites (N-methyl/N-ethyl adjacent to an activating group) is 1. The number of hydrogen-bond acceptors (Lipinski definition) is 7. The Morgan fingerprint density at radius 3 is 2.52 bits per heavy atom. The molecule has 2 rings (SSSR count). The Bertz CT molecular complexity index is 861. The van der Waals surface area contributed by atoms with Gasteiger partial charge in [0.25, 0.3) is 0 Å². The maximum atomic E-state index is 12.5. The lowest BCUT2D eigenvalue weighted by molar-refractivity contribution is -0.133. The first-order valence-electron chi connectivity index (χ1n) is 9.21. The van der Waals surface area contributed by atoms with Crippen molar-refractivity contribution in [3.05, 3.63) is 42.1 Å². The Morgan fingerprint density at radius 1 is 1.14 bits per heavy atom. The number of carbonyl (C=O) groups is 3. The topological polar surface area (TPSA) is 101 Å².